The summed E-state index contributed by atoms with van der Waals surface area (Å²) in [5.74, 6) is -0.128. The molecule has 3 rings (SSSR count). The Balaban J connectivity index is 1.68. The van der Waals surface area contributed by atoms with Gasteiger partial charge in [0, 0.05) is 23.2 Å². The smallest absolute Gasteiger partial charge is 0.229 e. The lowest BCUT2D eigenvalue weighted by atomic mass is 10.1. The summed E-state index contributed by atoms with van der Waals surface area (Å²) >= 11 is 1.55. The van der Waals surface area contributed by atoms with E-state index in [1.807, 2.05) is 62.4 Å². The number of carbonyl (C=O) groups is 2. The van der Waals surface area contributed by atoms with Crippen LogP contribution in [0.2, 0.25) is 0 Å². The SMILES string of the molecule is CNC(=O)Cc1ccc(NC(=O)Cc2sc(C)nc2-c2ccc(C)cc2)cc1. The van der Waals surface area contributed by atoms with Crippen molar-refractivity contribution < 1.29 is 9.59 Å². The molecule has 2 aromatic carbocycles. The average Bonchev–Trinajstić information content (AvgIpc) is 3.03. The summed E-state index contributed by atoms with van der Waals surface area (Å²) in [7, 11) is 1.61. The van der Waals surface area contributed by atoms with Gasteiger partial charge in [-0.1, -0.05) is 42.0 Å². The molecule has 28 heavy (non-hydrogen) atoms. The monoisotopic (exact) mass is 393 g/mol. The molecule has 1 heterocycles. The number of thiazole rings is 1. The highest BCUT2D eigenvalue weighted by molar-refractivity contribution is 7.12. The first-order valence-electron chi connectivity index (χ1n) is 9.07. The third-order valence-corrected chi connectivity index (χ3v) is 5.30. The molecule has 0 saturated carbocycles. The van der Waals surface area contributed by atoms with E-state index in [-0.39, 0.29) is 18.2 Å². The molecule has 0 fully saturated rings. The fraction of sp³-hybridized carbons (Fsp3) is 0.227. The third-order valence-electron chi connectivity index (χ3n) is 4.33. The first-order chi connectivity index (χ1) is 13.4. The van der Waals surface area contributed by atoms with Gasteiger partial charge in [0.1, 0.15) is 0 Å². The number of benzene rings is 2. The lowest BCUT2D eigenvalue weighted by Crippen LogP contribution is -2.20. The summed E-state index contributed by atoms with van der Waals surface area (Å²) in [6.07, 6.45) is 0.597. The zero-order chi connectivity index (χ0) is 20.1. The number of aryl methyl sites for hydroxylation is 2. The second-order valence-corrected chi connectivity index (χ2v) is 7.93. The van der Waals surface area contributed by atoms with Crippen molar-refractivity contribution >= 4 is 28.8 Å². The minimum Gasteiger partial charge on any atom is -0.359 e. The predicted octanol–water partition coefficient (Wildman–Crippen LogP) is 3.90. The van der Waals surface area contributed by atoms with Gasteiger partial charge in [-0.3, -0.25) is 9.59 Å². The van der Waals surface area contributed by atoms with Crippen molar-refractivity contribution in [3.05, 3.63) is 69.5 Å². The third kappa shape index (κ3) is 5.04. The van der Waals surface area contributed by atoms with Crippen LogP contribution in [-0.4, -0.2) is 23.8 Å². The van der Waals surface area contributed by atoms with E-state index in [1.54, 1.807) is 18.4 Å². The number of nitrogens with one attached hydrogen (secondary N) is 2. The van der Waals surface area contributed by atoms with Gasteiger partial charge in [0.05, 0.1) is 23.5 Å². The van der Waals surface area contributed by atoms with Crippen molar-refractivity contribution in [1.29, 1.82) is 0 Å². The molecule has 0 spiro atoms. The maximum atomic E-state index is 12.5. The van der Waals surface area contributed by atoms with Gasteiger partial charge in [0.2, 0.25) is 11.8 Å². The second-order valence-electron chi connectivity index (χ2n) is 6.64. The van der Waals surface area contributed by atoms with Crippen LogP contribution >= 0.6 is 11.3 Å². The van der Waals surface area contributed by atoms with Crippen molar-refractivity contribution in [3.8, 4) is 11.3 Å². The molecule has 3 aromatic rings. The molecule has 0 saturated heterocycles. The zero-order valence-corrected chi connectivity index (χ0v) is 17.0. The van der Waals surface area contributed by atoms with Crippen molar-refractivity contribution in [3.63, 3.8) is 0 Å². The number of likely N-dealkylation sites (N-methyl/N-ethyl adjacent to an activating group) is 1. The number of amides is 2. The number of carbonyl (C=O) groups excluding carboxylic acids is 2. The predicted molar refractivity (Wildman–Crippen MR) is 114 cm³/mol. The first-order valence-corrected chi connectivity index (χ1v) is 9.89. The fourth-order valence-electron chi connectivity index (χ4n) is 2.86. The highest BCUT2D eigenvalue weighted by Gasteiger charge is 2.15. The largest absolute Gasteiger partial charge is 0.359 e. The Kier molecular flexibility index (Phi) is 6.21. The van der Waals surface area contributed by atoms with Crippen molar-refractivity contribution in [2.24, 2.45) is 0 Å². The Hall–Kier alpha value is -2.99. The Bertz CT molecular complexity index is 976. The number of hydrogen-bond donors (Lipinski definition) is 2. The molecule has 0 unspecified atom stereocenters. The molecule has 2 amide bonds. The summed E-state index contributed by atoms with van der Waals surface area (Å²) in [6.45, 7) is 4.00. The maximum Gasteiger partial charge on any atom is 0.229 e. The van der Waals surface area contributed by atoms with Gasteiger partial charge < -0.3 is 10.6 Å². The number of aromatic nitrogens is 1. The van der Waals surface area contributed by atoms with Gasteiger partial charge in [0.25, 0.3) is 0 Å². The van der Waals surface area contributed by atoms with Crippen LogP contribution < -0.4 is 10.6 Å². The quantitative estimate of drug-likeness (QED) is 0.667. The number of rotatable bonds is 6. The number of anilines is 1. The van der Waals surface area contributed by atoms with Crippen LogP contribution in [0.15, 0.2) is 48.5 Å². The van der Waals surface area contributed by atoms with Gasteiger partial charge >= 0.3 is 0 Å². The van der Waals surface area contributed by atoms with Crippen LogP contribution in [0.4, 0.5) is 5.69 Å². The Morgan fingerprint density at radius 1 is 0.929 bits per heavy atom. The Morgan fingerprint density at radius 2 is 1.61 bits per heavy atom. The molecule has 144 valence electrons. The lowest BCUT2D eigenvalue weighted by molar-refractivity contribution is -0.120. The van der Waals surface area contributed by atoms with E-state index in [0.29, 0.717) is 12.1 Å². The van der Waals surface area contributed by atoms with E-state index >= 15 is 0 Å². The van der Waals surface area contributed by atoms with E-state index in [4.69, 9.17) is 0 Å². The molecule has 0 bridgehead atoms. The van der Waals surface area contributed by atoms with Crippen LogP contribution in [-0.2, 0) is 22.4 Å². The van der Waals surface area contributed by atoms with Crippen molar-refractivity contribution in [1.82, 2.24) is 10.3 Å². The molecule has 6 heteroatoms. The topological polar surface area (TPSA) is 71.1 Å². The van der Waals surface area contributed by atoms with Crippen LogP contribution in [0.3, 0.4) is 0 Å². The van der Waals surface area contributed by atoms with E-state index in [2.05, 4.69) is 15.6 Å². The molecule has 0 aliphatic heterocycles. The highest BCUT2D eigenvalue weighted by atomic mass is 32.1. The van der Waals surface area contributed by atoms with Crippen LogP contribution in [0, 0.1) is 13.8 Å². The fourth-order valence-corrected chi connectivity index (χ4v) is 3.81. The Morgan fingerprint density at radius 3 is 2.25 bits per heavy atom. The van der Waals surface area contributed by atoms with E-state index in [0.717, 1.165) is 26.7 Å². The van der Waals surface area contributed by atoms with Crippen LogP contribution in [0.25, 0.3) is 11.3 Å². The Labute approximate surface area is 168 Å². The summed E-state index contributed by atoms with van der Waals surface area (Å²) < 4.78 is 0. The van der Waals surface area contributed by atoms with Gasteiger partial charge in [-0.2, -0.15) is 0 Å². The standard InChI is InChI=1S/C22H23N3O2S/c1-14-4-8-17(9-5-14)22-19(28-15(2)24-22)13-21(27)25-18-10-6-16(7-11-18)12-20(26)23-3/h4-11H,12-13H2,1-3H3,(H,23,26)(H,25,27). The highest BCUT2D eigenvalue weighted by Crippen LogP contribution is 2.29. The molecular weight excluding hydrogens is 370 g/mol. The van der Waals surface area contributed by atoms with Gasteiger partial charge in [-0.15, -0.1) is 11.3 Å². The average molecular weight is 394 g/mol. The van der Waals surface area contributed by atoms with Crippen LogP contribution in [0.5, 0.6) is 0 Å². The lowest BCUT2D eigenvalue weighted by Gasteiger charge is -2.07. The van der Waals surface area contributed by atoms with Crippen molar-refractivity contribution in [2.45, 2.75) is 26.7 Å². The summed E-state index contributed by atoms with van der Waals surface area (Å²) in [4.78, 5) is 29.5. The number of nitrogens with zero attached hydrogens (tertiary/aromatic N) is 1. The number of hydrogen-bond acceptors (Lipinski definition) is 4. The first kappa shape index (κ1) is 19.8. The summed E-state index contributed by atoms with van der Waals surface area (Å²) in [5, 5.41) is 6.46. The second kappa shape index (κ2) is 8.80. The minimum absolute atomic E-state index is 0.0408. The summed E-state index contributed by atoms with van der Waals surface area (Å²) in [5.41, 5.74) is 4.70. The van der Waals surface area contributed by atoms with E-state index in [9.17, 15) is 9.59 Å². The zero-order valence-electron chi connectivity index (χ0n) is 16.2. The van der Waals surface area contributed by atoms with E-state index < -0.39 is 0 Å². The normalized spacial score (nSPS) is 10.5. The molecule has 0 radical (unpaired) electrons. The summed E-state index contributed by atoms with van der Waals surface area (Å²) in [6, 6.07) is 15.5. The molecule has 1 aromatic heterocycles. The molecule has 5 nitrogen and oxygen atoms in total. The van der Waals surface area contributed by atoms with Crippen molar-refractivity contribution in [2.75, 3.05) is 12.4 Å². The molecular formula is C22H23N3O2S. The minimum atomic E-state index is -0.0870. The van der Waals surface area contributed by atoms with Crippen LogP contribution in [0.1, 0.15) is 21.0 Å². The molecule has 0 aliphatic rings. The van der Waals surface area contributed by atoms with E-state index in [1.165, 1.54) is 5.56 Å². The maximum absolute atomic E-state index is 12.5. The molecule has 2 N–H and O–H groups in total. The molecule has 0 atom stereocenters. The molecule has 0 aliphatic carbocycles. The van der Waals surface area contributed by atoms with Gasteiger partial charge in [-0.25, -0.2) is 4.98 Å². The van der Waals surface area contributed by atoms with Gasteiger partial charge in [-0.05, 0) is 31.5 Å². The van der Waals surface area contributed by atoms with Gasteiger partial charge in [0.15, 0.2) is 0 Å².